The SMILES string of the molecule is CC1CCC(C(=O)O)CC1C.CC1CCC(C(N)=O)CC1C. The molecule has 2 saturated carbocycles. The summed E-state index contributed by atoms with van der Waals surface area (Å²) in [5.74, 6) is 2.11. The standard InChI is InChI=1S/C9H17NO.C9H16O2/c2*1-6-3-4-8(9(10)11)5-7(6)2/h6-8H,3-5H2,1-2H3,(H2,10,11);6-8H,3-5H2,1-2H3,(H,10,11). The van der Waals surface area contributed by atoms with Crippen LogP contribution in [0.5, 0.6) is 0 Å². The maximum absolute atomic E-state index is 10.8. The first-order valence-electron chi connectivity index (χ1n) is 8.74. The highest BCUT2D eigenvalue weighted by Crippen LogP contribution is 2.33. The zero-order valence-electron chi connectivity index (χ0n) is 14.5. The quantitative estimate of drug-likeness (QED) is 0.816. The minimum atomic E-state index is -0.608. The fraction of sp³-hybridized carbons (Fsp3) is 0.889. The van der Waals surface area contributed by atoms with E-state index in [-0.39, 0.29) is 17.7 Å². The summed E-state index contributed by atoms with van der Waals surface area (Å²) < 4.78 is 0. The lowest BCUT2D eigenvalue weighted by atomic mass is 9.76. The smallest absolute Gasteiger partial charge is 0.306 e. The average molecular weight is 311 g/mol. The summed E-state index contributed by atoms with van der Waals surface area (Å²) in [4.78, 5) is 21.4. The van der Waals surface area contributed by atoms with Gasteiger partial charge in [-0.2, -0.15) is 0 Å². The Kier molecular flexibility index (Phi) is 7.37. The second kappa shape index (κ2) is 8.54. The van der Waals surface area contributed by atoms with Crippen molar-refractivity contribution in [2.24, 2.45) is 41.2 Å². The van der Waals surface area contributed by atoms with Gasteiger partial charge in [0.25, 0.3) is 0 Å². The number of carbonyl (C=O) groups is 2. The third-order valence-corrected chi connectivity index (χ3v) is 5.95. The van der Waals surface area contributed by atoms with E-state index in [1.807, 2.05) is 0 Å². The second-order valence-electron chi connectivity index (χ2n) is 7.67. The van der Waals surface area contributed by atoms with Crippen molar-refractivity contribution in [3.05, 3.63) is 0 Å². The number of rotatable bonds is 2. The molecule has 0 saturated heterocycles. The van der Waals surface area contributed by atoms with Crippen LogP contribution in [0, 0.1) is 35.5 Å². The number of nitrogens with two attached hydrogens (primary N) is 1. The maximum atomic E-state index is 10.8. The third-order valence-electron chi connectivity index (χ3n) is 5.95. The van der Waals surface area contributed by atoms with Crippen molar-refractivity contribution in [2.45, 2.75) is 66.2 Å². The Hall–Kier alpha value is -1.06. The van der Waals surface area contributed by atoms with Gasteiger partial charge in [-0.15, -0.1) is 0 Å². The highest BCUT2D eigenvalue weighted by molar-refractivity contribution is 5.76. The van der Waals surface area contributed by atoms with E-state index in [0.717, 1.165) is 44.4 Å². The number of amides is 1. The van der Waals surface area contributed by atoms with E-state index in [9.17, 15) is 9.59 Å². The Morgan fingerprint density at radius 1 is 0.773 bits per heavy atom. The highest BCUT2D eigenvalue weighted by atomic mass is 16.4. The van der Waals surface area contributed by atoms with Gasteiger partial charge >= 0.3 is 5.97 Å². The van der Waals surface area contributed by atoms with Crippen LogP contribution in [-0.4, -0.2) is 17.0 Å². The summed E-state index contributed by atoms with van der Waals surface area (Å²) in [6.45, 7) is 8.82. The van der Waals surface area contributed by atoms with Gasteiger partial charge in [0.05, 0.1) is 5.92 Å². The van der Waals surface area contributed by atoms with E-state index in [2.05, 4.69) is 27.7 Å². The molecule has 1 amide bonds. The van der Waals surface area contributed by atoms with Gasteiger partial charge in [0.15, 0.2) is 0 Å². The summed E-state index contributed by atoms with van der Waals surface area (Å²) in [5, 5.41) is 8.74. The number of carboxylic acids is 1. The predicted molar refractivity (Wildman–Crippen MR) is 88.2 cm³/mol. The van der Waals surface area contributed by atoms with Gasteiger partial charge < -0.3 is 10.8 Å². The van der Waals surface area contributed by atoms with Crippen molar-refractivity contribution in [2.75, 3.05) is 0 Å². The molecule has 2 aliphatic rings. The van der Waals surface area contributed by atoms with Crippen LogP contribution < -0.4 is 5.73 Å². The monoisotopic (exact) mass is 311 g/mol. The van der Waals surface area contributed by atoms with Crippen molar-refractivity contribution < 1.29 is 14.7 Å². The Morgan fingerprint density at radius 2 is 1.18 bits per heavy atom. The Bertz CT molecular complexity index is 347. The van der Waals surface area contributed by atoms with Gasteiger partial charge in [-0.25, -0.2) is 0 Å². The van der Waals surface area contributed by atoms with E-state index in [4.69, 9.17) is 10.8 Å². The largest absolute Gasteiger partial charge is 0.481 e. The second-order valence-corrected chi connectivity index (χ2v) is 7.67. The first kappa shape index (κ1) is 19.0. The molecular weight excluding hydrogens is 278 g/mol. The molecule has 0 spiro atoms. The molecular formula is C18H33NO3. The summed E-state index contributed by atoms with van der Waals surface area (Å²) in [6, 6.07) is 0. The lowest BCUT2D eigenvalue weighted by Gasteiger charge is -2.30. The van der Waals surface area contributed by atoms with E-state index in [1.54, 1.807) is 0 Å². The minimum Gasteiger partial charge on any atom is -0.481 e. The van der Waals surface area contributed by atoms with Gasteiger partial charge in [0.2, 0.25) is 5.91 Å². The lowest BCUT2D eigenvalue weighted by molar-refractivity contribution is -0.143. The number of hydrogen-bond donors (Lipinski definition) is 2. The molecule has 2 aliphatic carbocycles. The molecule has 6 atom stereocenters. The van der Waals surface area contributed by atoms with Crippen LogP contribution in [0.4, 0.5) is 0 Å². The lowest BCUT2D eigenvalue weighted by Crippen LogP contribution is -2.30. The summed E-state index contributed by atoms with van der Waals surface area (Å²) >= 11 is 0. The molecule has 0 aromatic rings. The Morgan fingerprint density at radius 3 is 1.55 bits per heavy atom. The van der Waals surface area contributed by atoms with Gasteiger partial charge in [-0.3, -0.25) is 9.59 Å². The van der Waals surface area contributed by atoms with Crippen LogP contribution >= 0.6 is 0 Å². The topological polar surface area (TPSA) is 80.4 Å². The number of hydrogen-bond acceptors (Lipinski definition) is 2. The fourth-order valence-corrected chi connectivity index (χ4v) is 3.58. The molecule has 2 rings (SSSR count). The van der Waals surface area contributed by atoms with E-state index >= 15 is 0 Å². The van der Waals surface area contributed by atoms with Crippen molar-refractivity contribution >= 4 is 11.9 Å². The van der Waals surface area contributed by atoms with Crippen molar-refractivity contribution in [3.63, 3.8) is 0 Å². The van der Waals surface area contributed by atoms with E-state index in [1.165, 1.54) is 0 Å². The summed E-state index contributed by atoms with van der Waals surface area (Å²) in [5.41, 5.74) is 5.24. The average Bonchev–Trinajstić information content (AvgIpc) is 2.45. The molecule has 2 fully saturated rings. The number of aliphatic carboxylic acids is 1. The van der Waals surface area contributed by atoms with Gasteiger partial charge in [0.1, 0.15) is 0 Å². The van der Waals surface area contributed by atoms with Crippen LogP contribution in [0.2, 0.25) is 0 Å². The van der Waals surface area contributed by atoms with E-state index in [0.29, 0.717) is 17.8 Å². The molecule has 0 radical (unpaired) electrons. The first-order chi connectivity index (χ1) is 10.2. The van der Waals surface area contributed by atoms with Crippen LogP contribution in [0.25, 0.3) is 0 Å². The molecule has 3 N–H and O–H groups in total. The highest BCUT2D eigenvalue weighted by Gasteiger charge is 2.28. The van der Waals surface area contributed by atoms with Crippen LogP contribution in [-0.2, 0) is 9.59 Å². The molecule has 128 valence electrons. The zero-order valence-corrected chi connectivity index (χ0v) is 14.5. The molecule has 0 bridgehead atoms. The summed E-state index contributed by atoms with van der Waals surface area (Å²) in [6.07, 6.45) is 5.99. The van der Waals surface area contributed by atoms with Crippen LogP contribution in [0.15, 0.2) is 0 Å². The molecule has 0 aromatic carbocycles. The number of carbonyl (C=O) groups excluding carboxylic acids is 1. The van der Waals surface area contributed by atoms with Crippen LogP contribution in [0.3, 0.4) is 0 Å². The number of carboxylic acid groups (broad SMARTS) is 1. The third kappa shape index (κ3) is 5.62. The molecule has 0 aliphatic heterocycles. The first-order valence-corrected chi connectivity index (χ1v) is 8.74. The molecule has 6 unspecified atom stereocenters. The normalized spacial score (nSPS) is 38.5. The maximum Gasteiger partial charge on any atom is 0.306 e. The number of primary amides is 1. The molecule has 4 nitrogen and oxygen atoms in total. The Labute approximate surface area is 134 Å². The zero-order chi connectivity index (χ0) is 16.9. The fourth-order valence-electron chi connectivity index (χ4n) is 3.58. The molecule has 22 heavy (non-hydrogen) atoms. The molecule has 0 heterocycles. The van der Waals surface area contributed by atoms with Crippen molar-refractivity contribution in [3.8, 4) is 0 Å². The van der Waals surface area contributed by atoms with Crippen molar-refractivity contribution in [1.29, 1.82) is 0 Å². The minimum absolute atomic E-state index is 0.0683. The van der Waals surface area contributed by atoms with Crippen molar-refractivity contribution in [1.82, 2.24) is 0 Å². The van der Waals surface area contributed by atoms with Gasteiger partial charge in [-0.05, 0) is 62.2 Å². The van der Waals surface area contributed by atoms with Gasteiger partial charge in [-0.1, -0.05) is 27.7 Å². The van der Waals surface area contributed by atoms with E-state index < -0.39 is 5.97 Å². The summed E-state index contributed by atoms with van der Waals surface area (Å²) in [7, 11) is 0. The Balaban J connectivity index is 0.000000220. The predicted octanol–water partition coefficient (Wildman–Crippen LogP) is 3.69. The molecule has 4 heteroatoms. The molecule has 0 aromatic heterocycles. The van der Waals surface area contributed by atoms with Crippen LogP contribution in [0.1, 0.15) is 66.2 Å². The van der Waals surface area contributed by atoms with Gasteiger partial charge in [0, 0.05) is 5.92 Å².